The van der Waals surface area contributed by atoms with Crippen LogP contribution in [0.25, 0.3) is 0 Å². The molecule has 0 spiro atoms. The van der Waals surface area contributed by atoms with Gasteiger partial charge in [0.05, 0.1) is 12.3 Å². The van der Waals surface area contributed by atoms with Crippen molar-refractivity contribution in [3.8, 4) is 0 Å². The molecule has 0 fully saturated rings. The van der Waals surface area contributed by atoms with Crippen molar-refractivity contribution in [2.24, 2.45) is 12.0 Å². The zero-order valence-corrected chi connectivity index (χ0v) is 13.3. The molecular formula is C14H27N5O. The van der Waals surface area contributed by atoms with Crippen LogP contribution < -0.4 is 10.6 Å². The average Bonchev–Trinajstić information content (AvgIpc) is 2.77. The lowest BCUT2D eigenvalue weighted by Crippen LogP contribution is -2.38. The summed E-state index contributed by atoms with van der Waals surface area (Å²) >= 11 is 0. The van der Waals surface area contributed by atoms with E-state index in [-0.39, 0.29) is 0 Å². The van der Waals surface area contributed by atoms with Gasteiger partial charge in [0.25, 0.3) is 0 Å². The molecule has 1 heterocycles. The molecule has 0 amide bonds. The first-order valence-corrected chi connectivity index (χ1v) is 7.14. The highest BCUT2D eigenvalue weighted by atomic mass is 16.5. The molecular weight excluding hydrogens is 254 g/mol. The predicted octanol–water partition coefficient (Wildman–Crippen LogP) is 0.856. The van der Waals surface area contributed by atoms with Crippen LogP contribution in [-0.4, -0.2) is 43.0 Å². The van der Waals surface area contributed by atoms with Gasteiger partial charge in [-0.15, -0.1) is 0 Å². The Hall–Kier alpha value is -1.56. The highest BCUT2D eigenvalue weighted by Crippen LogP contribution is 2.14. The van der Waals surface area contributed by atoms with E-state index in [9.17, 15) is 0 Å². The monoisotopic (exact) mass is 281 g/mol. The fraction of sp³-hybridized carbons (Fsp3) is 0.714. The number of aliphatic imine (C=N–C) groups is 1. The number of hydrogen-bond donors (Lipinski definition) is 2. The second-order valence-corrected chi connectivity index (χ2v) is 4.55. The molecule has 0 unspecified atom stereocenters. The van der Waals surface area contributed by atoms with Crippen molar-refractivity contribution in [2.45, 2.75) is 33.2 Å². The van der Waals surface area contributed by atoms with E-state index in [2.05, 4.69) is 34.6 Å². The van der Waals surface area contributed by atoms with E-state index in [4.69, 9.17) is 4.74 Å². The Kier molecular flexibility index (Phi) is 7.08. The minimum absolute atomic E-state index is 0.661. The first kappa shape index (κ1) is 16.5. The number of aromatic nitrogens is 2. The van der Waals surface area contributed by atoms with Gasteiger partial charge in [-0.2, -0.15) is 5.10 Å². The molecule has 0 saturated heterocycles. The van der Waals surface area contributed by atoms with Gasteiger partial charge in [-0.05, 0) is 12.8 Å². The third kappa shape index (κ3) is 4.23. The summed E-state index contributed by atoms with van der Waals surface area (Å²) in [6.07, 6.45) is 1.93. The maximum absolute atomic E-state index is 5.02. The molecule has 6 nitrogen and oxygen atoms in total. The van der Waals surface area contributed by atoms with E-state index in [1.807, 2.05) is 11.7 Å². The number of methoxy groups -OCH3 is 1. The summed E-state index contributed by atoms with van der Waals surface area (Å²) in [4.78, 5) is 4.20. The molecule has 0 radical (unpaired) electrons. The van der Waals surface area contributed by atoms with E-state index in [1.54, 1.807) is 14.2 Å². The van der Waals surface area contributed by atoms with Crippen LogP contribution in [0.1, 0.15) is 30.8 Å². The van der Waals surface area contributed by atoms with Crippen molar-refractivity contribution < 1.29 is 4.74 Å². The largest absolute Gasteiger partial charge is 0.383 e. The van der Waals surface area contributed by atoms with Crippen molar-refractivity contribution in [1.82, 2.24) is 20.4 Å². The Morgan fingerprint density at radius 3 is 2.60 bits per heavy atom. The standard InChI is InChI=1S/C14H27N5O/c1-6-12-11(13(7-2)19(4)18-12)10-17-14(15-3)16-8-9-20-5/h6-10H2,1-5H3,(H2,15,16,17). The Morgan fingerprint density at radius 2 is 2.05 bits per heavy atom. The van der Waals surface area contributed by atoms with Crippen molar-refractivity contribution >= 4 is 5.96 Å². The van der Waals surface area contributed by atoms with Gasteiger partial charge < -0.3 is 15.4 Å². The smallest absolute Gasteiger partial charge is 0.191 e. The lowest BCUT2D eigenvalue weighted by Gasteiger charge is -2.12. The number of ether oxygens (including phenoxy) is 1. The van der Waals surface area contributed by atoms with Gasteiger partial charge in [0.2, 0.25) is 0 Å². The van der Waals surface area contributed by atoms with Gasteiger partial charge >= 0.3 is 0 Å². The van der Waals surface area contributed by atoms with Crippen LogP contribution in [0, 0.1) is 0 Å². The SMILES string of the molecule is CCc1nn(C)c(CC)c1CNC(=NC)NCCOC. The normalized spacial score (nSPS) is 11.8. The summed E-state index contributed by atoms with van der Waals surface area (Å²) in [7, 11) is 5.47. The molecule has 1 aromatic heterocycles. The van der Waals surface area contributed by atoms with E-state index in [0.29, 0.717) is 6.61 Å². The molecule has 20 heavy (non-hydrogen) atoms. The average molecular weight is 281 g/mol. The molecule has 0 saturated carbocycles. The highest BCUT2D eigenvalue weighted by molar-refractivity contribution is 5.79. The summed E-state index contributed by atoms with van der Waals surface area (Å²) in [5.41, 5.74) is 3.72. The number of rotatable bonds is 7. The topological polar surface area (TPSA) is 63.5 Å². The maximum Gasteiger partial charge on any atom is 0.191 e. The Morgan fingerprint density at radius 1 is 1.30 bits per heavy atom. The van der Waals surface area contributed by atoms with Crippen LogP contribution in [0.5, 0.6) is 0 Å². The number of nitrogens with zero attached hydrogens (tertiary/aromatic N) is 3. The summed E-state index contributed by atoms with van der Waals surface area (Å²) < 4.78 is 7.00. The van der Waals surface area contributed by atoms with Crippen LogP contribution in [0.2, 0.25) is 0 Å². The maximum atomic E-state index is 5.02. The Labute approximate surface area is 121 Å². The van der Waals surface area contributed by atoms with Crippen LogP contribution in [0.3, 0.4) is 0 Å². The lowest BCUT2D eigenvalue weighted by atomic mass is 10.1. The molecule has 0 atom stereocenters. The van der Waals surface area contributed by atoms with Crippen LogP contribution in [0.15, 0.2) is 4.99 Å². The van der Waals surface area contributed by atoms with Gasteiger partial charge in [-0.25, -0.2) is 0 Å². The molecule has 0 aromatic carbocycles. The van der Waals surface area contributed by atoms with Crippen molar-refractivity contribution in [1.29, 1.82) is 0 Å². The number of aryl methyl sites for hydroxylation is 2. The second-order valence-electron chi connectivity index (χ2n) is 4.55. The third-order valence-corrected chi connectivity index (χ3v) is 3.28. The summed E-state index contributed by atoms with van der Waals surface area (Å²) in [5.74, 6) is 0.787. The van der Waals surface area contributed by atoms with Crippen LogP contribution in [-0.2, 0) is 31.2 Å². The molecule has 1 rings (SSSR count). The molecule has 0 aliphatic rings. The quantitative estimate of drug-likeness (QED) is 0.442. The summed E-state index contributed by atoms with van der Waals surface area (Å²) in [5, 5.41) is 11.1. The van der Waals surface area contributed by atoms with Crippen molar-refractivity contribution in [3.63, 3.8) is 0 Å². The van der Waals surface area contributed by atoms with Gasteiger partial charge in [-0.3, -0.25) is 9.67 Å². The summed E-state index contributed by atoms with van der Waals surface area (Å²) in [6, 6.07) is 0. The number of hydrogen-bond acceptors (Lipinski definition) is 3. The highest BCUT2D eigenvalue weighted by Gasteiger charge is 2.13. The van der Waals surface area contributed by atoms with Gasteiger partial charge in [0.1, 0.15) is 0 Å². The zero-order valence-electron chi connectivity index (χ0n) is 13.3. The summed E-state index contributed by atoms with van der Waals surface area (Å²) in [6.45, 7) is 6.44. The number of nitrogens with one attached hydrogen (secondary N) is 2. The Bertz CT molecular complexity index is 439. The molecule has 1 aromatic rings. The zero-order chi connectivity index (χ0) is 15.0. The molecule has 0 aliphatic heterocycles. The first-order chi connectivity index (χ1) is 9.67. The van der Waals surface area contributed by atoms with E-state index >= 15 is 0 Å². The Balaban J connectivity index is 2.68. The molecule has 0 bridgehead atoms. The fourth-order valence-corrected chi connectivity index (χ4v) is 2.26. The molecule has 0 aliphatic carbocycles. The van der Waals surface area contributed by atoms with E-state index in [1.165, 1.54) is 11.3 Å². The van der Waals surface area contributed by atoms with Gasteiger partial charge in [0.15, 0.2) is 5.96 Å². The van der Waals surface area contributed by atoms with Crippen LogP contribution in [0.4, 0.5) is 0 Å². The van der Waals surface area contributed by atoms with Gasteiger partial charge in [-0.1, -0.05) is 13.8 Å². The third-order valence-electron chi connectivity index (χ3n) is 3.28. The predicted molar refractivity (Wildman–Crippen MR) is 82.0 cm³/mol. The molecule has 2 N–H and O–H groups in total. The second kappa shape index (κ2) is 8.58. The van der Waals surface area contributed by atoms with Gasteiger partial charge in [0, 0.05) is 45.6 Å². The molecule has 114 valence electrons. The van der Waals surface area contributed by atoms with E-state index < -0.39 is 0 Å². The van der Waals surface area contributed by atoms with Crippen molar-refractivity contribution in [3.05, 3.63) is 17.0 Å². The molecule has 6 heteroatoms. The van der Waals surface area contributed by atoms with Crippen LogP contribution >= 0.6 is 0 Å². The minimum atomic E-state index is 0.661. The fourth-order valence-electron chi connectivity index (χ4n) is 2.26. The lowest BCUT2D eigenvalue weighted by molar-refractivity contribution is 0.203. The van der Waals surface area contributed by atoms with E-state index in [0.717, 1.165) is 37.6 Å². The first-order valence-electron chi connectivity index (χ1n) is 7.14. The number of guanidine groups is 1. The minimum Gasteiger partial charge on any atom is -0.383 e. The van der Waals surface area contributed by atoms with Crippen molar-refractivity contribution in [2.75, 3.05) is 27.3 Å².